The maximum atomic E-state index is 11.9. The molecule has 2 aromatic rings. The molecule has 0 aliphatic rings. The highest BCUT2D eigenvalue weighted by atomic mass is 16.5. The van der Waals surface area contributed by atoms with Crippen molar-refractivity contribution in [2.45, 2.75) is 6.92 Å². The Balaban J connectivity index is 1.90. The van der Waals surface area contributed by atoms with E-state index in [1.807, 2.05) is 13.0 Å². The topological polar surface area (TPSA) is 64.6 Å². The van der Waals surface area contributed by atoms with Gasteiger partial charge in [-0.3, -0.25) is 4.79 Å². The number of ether oxygens (including phenoxy) is 2. The first kappa shape index (κ1) is 15.6. The number of esters is 1. The highest BCUT2D eigenvalue weighted by Crippen LogP contribution is 2.23. The van der Waals surface area contributed by atoms with Gasteiger partial charge in [0.15, 0.2) is 6.61 Å². The van der Waals surface area contributed by atoms with Crippen molar-refractivity contribution in [2.75, 3.05) is 18.5 Å². The van der Waals surface area contributed by atoms with E-state index in [-0.39, 0.29) is 6.61 Å². The van der Waals surface area contributed by atoms with Crippen molar-refractivity contribution in [3.8, 4) is 5.75 Å². The summed E-state index contributed by atoms with van der Waals surface area (Å²) in [5, 5.41) is 2.66. The zero-order valence-corrected chi connectivity index (χ0v) is 12.2. The van der Waals surface area contributed by atoms with E-state index < -0.39 is 11.9 Å². The fourth-order valence-corrected chi connectivity index (χ4v) is 1.83. The Hall–Kier alpha value is -2.82. The van der Waals surface area contributed by atoms with Crippen LogP contribution in [0.1, 0.15) is 17.3 Å². The summed E-state index contributed by atoms with van der Waals surface area (Å²) in [5.41, 5.74) is 0.954. The molecule has 5 nitrogen and oxygen atoms in total. The molecule has 0 atom stereocenters. The van der Waals surface area contributed by atoms with Crippen LogP contribution >= 0.6 is 0 Å². The number of hydrogen-bond donors (Lipinski definition) is 1. The predicted molar refractivity (Wildman–Crippen MR) is 83.0 cm³/mol. The first-order chi connectivity index (χ1) is 10.7. The SMILES string of the molecule is CCOc1ccccc1NC(=O)COC(=O)c1ccccc1. The molecule has 0 aliphatic heterocycles. The second-order valence-electron chi connectivity index (χ2n) is 4.42. The van der Waals surface area contributed by atoms with Crippen molar-refractivity contribution in [3.05, 3.63) is 60.2 Å². The van der Waals surface area contributed by atoms with E-state index in [0.717, 1.165) is 0 Å². The van der Waals surface area contributed by atoms with Crippen LogP contribution in [0, 0.1) is 0 Å². The molecule has 0 fully saturated rings. The van der Waals surface area contributed by atoms with Crippen molar-refractivity contribution in [3.63, 3.8) is 0 Å². The predicted octanol–water partition coefficient (Wildman–Crippen LogP) is 2.88. The number of nitrogens with one attached hydrogen (secondary N) is 1. The van der Waals surface area contributed by atoms with Gasteiger partial charge in [0.1, 0.15) is 5.75 Å². The quantitative estimate of drug-likeness (QED) is 0.833. The van der Waals surface area contributed by atoms with Gasteiger partial charge in [-0.25, -0.2) is 4.79 Å². The number of rotatable bonds is 6. The van der Waals surface area contributed by atoms with E-state index in [2.05, 4.69) is 5.32 Å². The molecule has 22 heavy (non-hydrogen) atoms. The monoisotopic (exact) mass is 299 g/mol. The maximum absolute atomic E-state index is 11.9. The fraction of sp³-hybridized carbons (Fsp3) is 0.176. The average molecular weight is 299 g/mol. The Kier molecular flexibility index (Phi) is 5.54. The lowest BCUT2D eigenvalue weighted by Gasteiger charge is -2.11. The Morgan fingerprint density at radius 2 is 1.68 bits per heavy atom. The van der Waals surface area contributed by atoms with E-state index in [1.54, 1.807) is 48.5 Å². The number of carbonyl (C=O) groups excluding carboxylic acids is 2. The Morgan fingerprint density at radius 1 is 1.00 bits per heavy atom. The van der Waals surface area contributed by atoms with Gasteiger partial charge in [0.2, 0.25) is 0 Å². The van der Waals surface area contributed by atoms with Gasteiger partial charge in [0, 0.05) is 0 Å². The minimum atomic E-state index is -0.533. The molecule has 0 unspecified atom stereocenters. The highest BCUT2D eigenvalue weighted by molar-refractivity contribution is 5.96. The number of amides is 1. The van der Waals surface area contributed by atoms with Gasteiger partial charge in [-0.1, -0.05) is 30.3 Å². The summed E-state index contributed by atoms with van der Waals surface area (Å²) in [6.45, 7) is 2.00. The smallest absolute Gasteiger partial charge is 0.338 e. The van der Waals surface area contributed by atoms with Crippen molar-refractivity contribution in [1.82, 2.24) is 0 Å². The number of para-hydroxylation sites is 2. The minimum absolute atomic E-state index is 0.353. The van der Waals surface area contributed by atoms with Gasteiger partial charge >= 0.3 is 5.97 Å². The van der Waals surface area contributed by atoms with Gasteiger partial charge in [0.05, 0.1) is 17.9 Å². The van der Waals surface area contributed by atoms with Gasteiger partial charge in [0.25, 0.3) is 5.91 Å². The summed E-state index contributed by atoms with van der Waals surface area (Å²) in [5.74, 6) is -0.377. The number of benzene rings is 2. The molecule has 0 aromatic heterocycles. The van der Waals surface area contributed by atoms with Crippen LogP contribution < -0.4 is 10.1 Å². The third-order valence-electron chi connectivity index (χ3n) is 2.80. The fourth-order valence-electron chi connectivity index (χ4n) is 1.83. The van der Waals surface area contributed by atoms with Crippen molar-refractivity contribution >= 4 is 17.6 Å². The summed E-state index contributed by atoms with van der Waals surface area (Å²) in [7, 11) is 0. The van der Waals surface area contributed by atoms with Crippen LogP contribution in [-0.4, -0.2) is 25.1 Å². The zero-order valence-electron chi connectivity index (χ0n) is 12.2. The van der Waals surface area contributed by atoms with Crippen molar-refractivity contribution in [1.29, 1.82) is 0 Å². The molecule has 0 aliphatic carbocycles. The van der Waals surface area contributed by atoms with Gasteiger partial charge in [-0.05, 0) is 31.2 Å². The van der Waals surface area contributed by atoms with Crippen LogP contribution in [0.2, 0.25) is 0 Å². The Bertz CT molecular complexity index is 640. The average Bonchev–Trinajstić information content (AvgIpc) is 2.55. The second-order valence-corrected chi connectivity index (χ2v) is 4.42. The lowest BCUT2D eigenvalue weighted by atomic mass is 10.2. The van der Waals surface area contributed by atoms with E-state index >= 15 is 0 Å². The van der Waals surface area contributed by atoms with Crippen molar-refractivity contribution in [2.24, 2.45) is 0 Å². The number of hydrogen-bond acceptors (Lipinski definition) is 4. The van der Waals surface area contributed by atoms with E-state index in [0.29, 0.717) is 23.6 Å². The van der Waals surface area contributed by atoms with Crippen LogP contribution in [0.5, 0.6) is 5.75 Å². The van der Waals surface area contributed by atoms with Crippen LogP contribution in [-0.2, 0) is 9.53 Å². The zero-order chi connectivity index (χ0) is 15.8. The summed E-state index contributed by atoms with van der Waals surface area (Å²) in [4.78, 5) is 23.6. The normalized spacial score (nSPS) is 9.86. The lowest BCUT2D eigenvalue weighted by molar-refractivity contribution is -0.119. The molecule has 0 bridgehead atoms. The van der Waals surface area contributed by atoms with Gasteiger partial charge in [-0.15, -0.1) is 0 Å². The molecule has 0 heterocycles. The van der Waals surface area contributed by atoms with Gasteiger partial charge < -0.3 is 14.8 Å². The Morgan fingerprint density at radius 3 is 2.41 bits per heavy atom. The van der Waals surface area contributed by atoms with E-state index in [9.17, 15) is 9.59 Å². The third-order valence-corrected chi connectivity index (χ3v) is 2.80. The summed E-state index contributed by atoms with van der Waals surface area (Å²) in [6.07, 6.45) is 0. The van der Waals surface area contributed by atoms with Crippen LogP contribution in [0.15, 0.2) is 54.6 Å². The van der Waals surface area contributed by atoms with Crippen LogP contribution in [0.25, 0.3) is 0 Å². The molecule has 0 saturated heterocycles. The number of anilines is 1. The minimum Gasteiger partial charge on any atom is -0.492 e. The second kappa shape index (κ2) is 7.83. The largest absolute Gasteiger partial charge is 0.492 e. The molecule has 0 saturated carbocycles. The van der Waals surface area contributed by atoms with Crippen molar-refractivity contribution < 1.29 is 19.1 Å². The summed E-state index contributed by atoms with van der Waals surface area (Å²) in [6, 6.07) is 15.6. The molecular weight excluding hydrogens is 282 g/mol. The Labute approximate surface area is 128 Å². The first-order valence-electron chi connectivity index (χ1n) is 6.94. The molecule has 1 amide bonds. The molecule has 2 aromatic carbocycles. The lowest BCUT2D eigenvalue weighted by Crippen LogP contribution is -2.21. The third kappa shape index (κ3) is 4.34. The highest BCUT2D eigenvalue weighted by Gasteiger charge is 2.11. The maximum Gasteiger partial charge on any atom is 0.338 e. The molecule has 0 spiro atoms. The van der Waals surface area contributed by atoms with E-state index in [4.69, 9.17) is 9.47 Å². The summed E-state index contributed by atoms with van der Waals surface area (Å²) < 4.78 is 10.4. The standard InChI is InChI=1S/C17H17NO4/c1-2-21-15-11-7-6-10-14(15)18-16(19)12-22-17(20)13-8-4-3-5-9-13/h3-11H,2,12H2,1H3,(H,18,19). The number of carbonyl (C=O) groups is 2. The van der Waals surface area contributed by atoms with Crippen LogP contribution in [0.4, 0.5) is 5.69 Å². The molecule has 5 heteroatoms. The molecular formula is C17H17NO4. The van der Waals surface area contributed by atoms with Crippen LogP contribution in [0.3, 0.4) is 0 Å². The molecule has 2 rings (SSSR count). The first-order valence-corrected chi connectivity index (χ1v) is 6.94. The summed E-state index contributed by atoms with van der Waals surface area (Å²) >= 11 is 0. The molecule has 1 N–H and O–H groups in total. The van der Waals surface area contributed by atoms with Gasteiger partial charge in [-0.2, -0.15) is 0 Å². The molecule has 114 valence electrons. The van der Waals surface area contributed by atoms with E-state index in [1.165, 1.54) is 0 Å². The molecule has 0 radical (unpaired) electrons.